The van der Waals surface area contributed by atoms with Crippen LogP contribution in [0.1, 0.15) is 40.5 Å². The van der Waals surface area contributed by atoms with Crippen LogP contribution >= 0.6 is 22.6 Å². The monoisotopic (exact) mass is 283 g/mol. The minimum Gasteiger partial charge on any atom is -0.415 e. The van der Waals surface area contributed by atoms with E-state index in [-0.39, 0.29) is 5.41 Å². The molecule has 0 aliphatic carbocycles. The van der Waals surface area contributed by atoms with Crippen LogP contribution in [-0.4, -0.2) is 0 Å². The second kappa shape index (κ2) is 5.07. The molecule has 0 heterocycles. The molecule has 0 saturated carbocycles. The number of allylic oxidation sites excluding steroid dienone is 2. The molecule has 3 heteroatoms. The SMILES string of the molecule is CCC/C(I)=C(\ON)C(C)(C)C. The Morgan fingerprint density at radius 2 is 1.92 bits per heavy atom. The molecule has 72 valence electrons. The van der Waals surface area contributed by atoms with Gasteiger partial charge in [-0.15, -0.1) is 0 Å². The summed E-state index contributed by atoms with van der Waals surface area (Å²) in [6, 6.07) is 0. The molecule has 0 spiro atoms. The predicted molar refractivity (Wildman–Crippen MR) is 60.7 cm³/mol. The molecular formula is C9H18INO. The third kappa shape index (κ3) is 3.76. The van der Waals surface area contributed by atoms with Gasteiger partial charge in [0.25, 0.3) is 0 Å². The minimum absolute atomic E-state index is 0.0143. The summed E-state index contributed by atoms with van der Waals surface area (Å²) in [5.41, 5.74) is 0.0143. The Balaban J connectivity index is 4.61. The molecule has 0 atom stereocenters. The van der Waals surface area contributed by atoms with Crippen LogP contribution in [0.25, 0.3) is 0 Å². The van der Waals surface area contributed by atoms with Gasteiger partial charge < -0.3 is 4.84 Å². The molecule has 0 aliphatic rings. The molecule has 0 radical (unpaired) electrons. The maximum atomic E-state index is 5.23. The maximum absolute atomic E-state index is 5.23. The molecule has 0 unspecified atom stereocenters. The summed E-state index contributed by atoms with van der Waals surface area (Å²) in [4.78, 5) is 4.90. The van der Waals surface area contributed by atoms with Crippen molar-refractivity contribution in [2.24, 2.45) is 11.3 Å². The van der Waals surface area contributed by atoms with E-state index >= 15 is 0 Å². The van der Waals surface area contributed by atoms with E-state index in [9.17, 15) is 0 Å². The van der Waals surface area contributed by atoms with Crippen LogP contribution in [0, 0.1) is 5.41 Å². The van der Waals surface area contributed by atoms with Crippen molar-refractivity contribution >= 4 is 22.6 Å². The number of halogens is 1. The fraction of sp³-hybridized carbons (Fsp3) is 0.778. The molecule has 0 saturated heterocycles. The molecule has 0 rings (SSSR count). The molecular weight excluding hydrogens is 265 g/mol. The summed E-state index contributed by atoms with van der Waals surface area (Å²) >= 11 is 2.30. The lowest BCUT2D eigenvalue weighted by atomic mass is 9.93. The van der Waals surface area contributed by atoms with Gasteiger partial charge in [-0.25, -0.2) is 0 Å². The van der Waals surface area contributed by atoms with Crippen LogP contribution in [-0.2, 0) is 4.84 Å². The number of hydrogen-bond donors (Lipinski definition) is 1. The van der Waals surface area contributed by atoms with E-state index < -0.39 is 0 Å². The number of hydrogen-bond acceptors (Lipinski definition) is 2. The Morgan fingerprint density at radius 3 is 2.17 bits per heavy atom. The van der Waals surface area contributed by atoms with Gasteiger partial charge in [-0.05, 0) is 29.0 Å². The van der Waals surface area contributed by atoms with Crippen molar-refractivity contribution in [3.8, 4) is 0 Å². The van der Waals surface area contributed by atoms with Crippen molar-refractivity contribution in [1.82, 2.24) is 0 Å². The molecule has 0 aromatic carbocycles. The third-order valence-corrected chi connectivity index (χ3v) is 2.54. The van der Waals surface area contributed by atoms with Gasteiger partial charge in [-0.1, -0.05) is 34.1 Å². The second-order valence-electron chi connectivity index (χ2n) is 3.85. The first-order valence-corrected chi connectivity index (χ1v) is 5.27. The first-order chi connectivity index (χ1) is 5.43. The standard InChI is InChI=1S/C9H18INO/c1-5-6-7(10)8(12-11)9(2,3)4/h5-6,11H2,1-4H3/b8-7+. The smallest absolute Gasteiger partial charge is 0.138 e. The van der Waals surface area contributed by atoms with Crippen molar-refractivity contribution in [1.29, 1.82) is 0 Å². The van der Waals surface area contributed by atoms with Gasteiger partial charge in [0, 0.05) is 8.99 Å². The average molecular weight is 283 g/mol. The van der Waals surface area contributed by atoms with Crippen LogP contribution < -0.4 is 5.90 Å². The Kier molecular flexibility index (Phi) is 5.16. The zero-order chi connectivity index (χ0) is 9.78. The van der Waals surface area contributed by atoms with Crippen molar-refractivity contribution in [3.05, 3.63) is 9.34 Å². The normalized spacial score (nSPS) is 14.2. The maximum Gasteiger partial charge on any atom is 0.138 e. The first-order valence-electron chi connectivity index (χ1n) is 4.19. The summed E-state index contributed by atoms with van der Waals surface area (Å²) in [7, 11) is 0. The van der Waals surface area contributed by atoms with Gasteiger partial charge in [-0.3, -0.25) is 0 Å². The summed E-state index contributed by atoms with van der Waals surface area (Å²) in [6.07, 6.45) is 2.17. The molecule has 0 aliphatic heterocycles. The molecule has 0 amide bonds. The highest BCUT2D eigenvalue weighted by molar-refractivity contribution is 14.1. The number of nitrogens with two attached hydrogens (primary N) is 1. The van der Waals surface area contributed by atoms with Gasteiger partial charge in [0.15, 0.2) is 0 Å². The van der Waals surface area contributed by atoms with E-state index in [1.165, 1.54) is 3.58 Å². The lowest BCUT2D eigenvalue weighted by Crippen LogP contribution is -2.16. The van der Waals surface area contributed by atoms with E-state index in [0.29, 0.717) is 0 Å². The van der Waals surface area contributed by atoms with Gasteiger partial charge in [0.2, 0.25) is 0 Å². The van der Waals surface area contributed by atoms with Crippen LogP contribution in [0.2, 0.25) is 0 Å². The van der Waals surface area contributed by atoms with Crippen LogP contribution in [0.5, 0.6) is 0 Å². The van der Waals surface area contributed by atoms with Gasteiger partial charge >= 0.3 is 0 Å². The fourth-order valence-electron chi connectivity index (χ4n) is 0.981. The average Bonchev–Trinajstić information content (AvgIpc) is 1.85. The summed E-state index contributed by atoms with van der Waals surface area (Å²) in [5, 5.41) is 0. The van der Waals surface area contributed by atoms with Crippen molar-refractivity contribution in [3.63, 3.8) is 0 Å². The van der Waals surface area contributed by atoms with Crippen molar-refractivity contribution in [2.75, 3.05) is 0 Å². The summed E-state index contributed by atoms with van der Waals surface area (Å²) < 4.78 is 1.23. The van der Waals surface area contributed by atoms with Gasteiger partial charge in [-0.2, -0.15) is 5.90 Å². The highest BCUT2D eigenvalue weighted by atomic mass is 127. The van der Waals surface area contributed by atoms with Crippen molar-refractivity contribution in [2.45, 2.75) is 40.5 Å². The second-order valence-corrected chi connectivity index (χ2v) is 5.15. The van der Waals surface area contributed by atoms with Gasteiger partial charge in [0.1, 0.15) is 5.76 Å². The van der Waals surface area contributed by atoms with E-state index in [2.05, 4.69) is 50.3 Å². The molecule has 0 fully saturated rings. The quantitative estimate of drug-likeness (QED) is 0.489. The minimum atomic E-state index is 0.0143. The van der Waals surface area contributed by atoms with E-state index in [0.717, 1.165) is 18.6 Å². The largest absolute Gasteiger partial charge is 0.415 e. The molecule has 2 nitrogen and oxygen atoms in total. The highest BCUT2D eigenvalue weighted by Crippen LogP contribution is 2.32. The molecule has 12 heavy (non-hydrogen) atoms. The molecule has 0 bridgehead atoms. The fourth-order valence-corrected chi connectivity index (χ4v) is 2.46. The van der Waals surface area contributed by atoms with Gasteiger partial charge in [0.05, 0.1) is 0 Å². The molecule has 0 aromatic rings. The Morgan fingerprint density at radius 1 is 1.42 bits per heavy atom. The topological polar surface area (TPSA) is 35.2 Å². The first kappa shape index (κ1) is 12.2. The van der Waals surface area contributed by atoms with E-state index in [1.807, 2.05) is 0 Å². The molecule has 2 N–H and O–H groups in total. The summed E-state index contributed by atoms with van der Waals surface area (Å²) in [5.74, 6) is 6.13. The predicted octanol–water partition coefficient (Wildman–Crippen LogP) is 3.37. The zero-order valence-corrected chi connectivity index (χ0v) is 10.4. The van der Waals surface area contributed by atoms with Crippen molar-refractivity contribution < 1.29 is 4.84 Å². The third-order valence-electron chi connectivity index (χ3n) is 1.51. The summed E-state index contributed by atoms with van der Waals surface area (Å²) in [6.45, 7) is 8.45. The van der Waals surface area contributed by atoms with Crippen LogP contribution in [0.3, 0.4) is 0 Å². The van der Waals surface area contributed by atoms with E-state index in [1.54, 1.807) is 0 Å². The van der Waals surface area contributed by atoms with Crippen LogP contribution in [0.15, 0.2) is 9.34 Å². The Hall–Kier alpha value is 0.230. The Labute approximate surface area is 88.6 Å². The zero-order valence-electron chi connectivity index (χ0n) is 8.28. The highest BCUT2D eigenvalue weighted by Gasteiger charge is 2.21. The number of rotatable bonds is 3. The molecule has 0 aromatic heterocycles. The Bertz CT molecular complexity index is 170. The van der Waals surface area contributed by atoms with E-state index in [4.69, 9.17) is 10.7 Å². The lowest BCUT2D eigenvalue weighted by molar-refractivity contribution is 0.153. The van der Waals surface area contributed by atoms with Crippen LogP contribution in [0.4, 0.5) is 0 Å². The lowest BCUT2D eigenvalue weighted by Gasteiger charge is -2.22.